The van der Waals surface area contributed by atoms with Crippen LogP contribution >= 0.6 is 46.4 Å². The number of carboxylic acids is 1. The molecule has 3 aliphatic heterocycles. The first kappa shape index (κ1) is 27.2. The van der Waals surface area contributed by atoms with Gasteiger partial charge in [0.05, 0.1) is 40.3 Å². The van der Waals surface area contributed by atoms with Gasteiger partial charge >= 0.3 is 5.97 Å². The van der Waals surface area contributed by atoms with Gasteiger partial charge in [-0.05, 0) is 24.3 Å². The van der Waals surface area contributed by atoms with E-state index < -0.39 is 60.1 Å². The molecule has 2 aromatic rings. The Bertz CT molecular complexity index is 1390. The minimum absolute atomic E-state index is 0.0128. The first-order chi connectivity index (χ1) is 17.7. The van der Waals surface area contributed by atoms with Crippen LogP contribution in [-0.4, -0.2) is 60.5 Å². The molecule has 0 bridgehead atoms. The van der Waals surface area contributed by atoms with Crippen LogP contribution in [0.2, 0.25) is 20.1 Å². The summed E-state index contributed by atoms with van der Waals surface area (Å²) in [7, 11) is 2.70. The molecule has 0 aromatic heterocycles. The van der Waals surface area contributed by atoms with Gasteiger partial charge in [0.25, 0.3) is 11.8 Å². The van der Waals surface area contributed by atoms with Gasteiger partial charge in [0, 0.05) is 35.8 Å². The number of methoxy groups -OCH3 is 1. The van der Waals surface area contributed by atoms with Crippen LogP contribution in [0.3, 0.4) is 0 Å². The van der Waals surface area contributed by atoms with Crippen molar-refractivity contribution in [3.63, 3.8) is 0 Å². The third-order valence-electron chi connectivity index (χ3n) is 7.49. The Hall–Kier alpha value is -2.37. The Balaban J connectivity index is 1.69. The summed E-state index contributed by atoms with van der Waals surface area (Å²) < 4.78 is 34.9. The maximum absolute atomic E-state index is 14.9. The van der Waals surface area contributed by atoms with E-state index in [1.165, 1.54) is 38.4 Å². The molecule has 5 rings (SSSR count). The normalized spacial score (nSPS) is 27.3. The molecule has 202 valence electrons. The van der Waals surface area contributed by atoms with Crippen LogP contribution in [0, 0.1) is 11.8 Å². The van der Waals surface area contributed by atoms with E-state index in [9.17, 15) is 28.3 Å². The highest BCUT2D eigenvalue weighted by molar-refractivity contribution is 6.38. The number of carbonyl (C=O) groups is 3. The van der Waals surface area contributed by atoms with Crippen molar-refractivity contribution in [2.45, 2.75) is 23.9 Å². The summed E-state index contributed by atoms with van der Waals surface area (Å²) in [6, 6.07) is 4.13. The van der Waals surface area contributed by atoms with Crippen LogP contribution in [0.15, 0.2) is 24.3 Å². The third kappa shape index (κ3) is 3.76. The summed E-state index contributed by atoms with van der Waals surface area (Å²) >= 11 is 24.9. The fourth-order valence-corrected chi connectivity index (χ4v) is 7.24. The molecule has 38 heavy (non-hydrogen) atoms. The number of anilines is 2. The van der Waals surface area contributed by atoms with E-state index in [-0.39, 0.29) is 42.8 Å². The number of hydrogen-bond donors (Lipinski definition) is 2. The second-order valence-corrected chi connectivity index (χ2v) is 11.1. The van der Waals surface area contributed by atoms with Crippen LogP contribution in [0.25, 0.3) is 0 Å². The lowest BCUT2D eigenvalue weighted by atomic mass is 9.73. The van der Waals surface area contributed by atoms with Crippen LogP contribution in [0.4, 0.5) is 20.2 Å². The van der Waals surface area contributed by atoms with Crippen LogP contribution in [0.5, 0.6) is 5.75 Å². The number of fused-ring (bicyclic) bond motifs is 4. The molecule has 1 spiro atoms. The number of aliphatic carboxylic acids is 1. The highest BCUT2D eigenvalue weighted by Crippen LogP contribution is 2.61. The number of carbonyl (C=O) groups excluding carboxylic acids is 2. The van der Waals surface area contributed by atoms with Gasteiger partial charge in [0.1, 0.15) is 11.5 Å². The predicted octanol–water partition coefficient (Wildman–Crippen LogP) is 5.16. The number of nitrogens with zero attached hydrogens (tertiary/aromatic N) is 2. The molecule has 0 aliphatic carbocycles. The maximum atomic E-state index is 14.9. The smallest absolute Gasteiger partial charge is 0.310 e. The van der Waals surface area contributed by atoms with Gasteiger partial charge in [-0.1, -0.05) is 46.4 Å². The van der Waals surface area contributed by atoms with Gasteiger partial charge in [-0.15, -0.1) is 0 Å². The molecule has 2 fully saturated rings. The summed E-state index contributed by atoms with van der Waals surface area (Å²) in [5.41, 5.74) is -1.88. The quantitative estimate of drug-likeness (QED) is 0.498. The lowest BCUT2D eigenvalue weighted by Gasteiger charge is -2.36. The average Bonchev–Trinajstić information content (AvgIpc) is 3.39. The largest absolute Gasteiger partial charge is 0.494 e. The zero-order chi connectivity index (χ0) is 27.9. The van der Waals surface area contributed by atoms with Crippen molar-refractivity contribution >= 4 is 75.6 Å². The predicted molar refractivity (Wildman–Crippen MR) is 138 cm³/mol. The van der Waals surface area contributed by atoms with Gasteiger partial charge in [-0.2, -0.15) is 0 Å². The molecule has 0 radical (unpaired) electrons. The minimum Gasteiger partial charge on any atom is -0.494 e. The van der Waals surface area contributed by atoms with Crippen molar-refractivity contribution in [3.8, 4) is 5.75 Å². The number of hydrogen-bond acceptors (Lipinski definition) is 5. The van der Waals surface area contributed by atoms with Crippen molar-refractivity contribution < 1.29 is 33.0 Å². The number of carboxylic acid groups (broad SMARTS) is 1. The second-order valence-electron chi connectivity index (χ2n) is 9.47. The zero-order valence-corrected chi connectivity index (χ0v) is 22.7. The van der Waals surface area contributed by atoms with Crippen molar-refractivity contribution in [1.29, 1.82) is 0 Å². The monoisotopic (exact) mass is 607 g/mol. The first-order valence-corrected chi connectivity index (χ1v) is 12.7. The van der Waals surface area contributed by atoms with Crippen LogP contribution in [0.1, 0.15) is 12.0 Å². The number of rotatable bonds is 4. The number of ether oxygens (including phenoxy) is 1. The third-order valence-corrected chi connectivity index (χ3v) is 8.57. The molecule has 2 amide bonds. The number of nitrogens with one attached hydrogen (secondary N) is 1. The summed E-state index contributed by atoms with van der Waals surface area (Å²) in [6.07, 6.45) is -0.830. The highest BCUT2D eigenvalue weighted by Gasteiger charge is 2.74. The molecular weight excluding hydrogens is 590 g/mol. The SMILES string of the molecule is COc1c(Cl)cc(N(C)C(=O)[C@H]2[C@H]3CC(F)(F)CN3C3(C(=O)Nc4c(Cl)cc(Cl)cc43)[C@H]2C(=O)O)cc1Cl. The standard InChI is InChI=1S/C24H19Cl4F2N3O5/c1-32(10-5-13(27)19(38-2)14(28)6-10)20(34)16-15-7-23(29,30)8-33(15)24(17(16)21(35)36)11-3-9(25)4-12(26)18(11)31-22(24)37/h3-6,15-17H,7-8H2,1-2H3,(H,31,37)(H,35,36)/t15-,16+,17-,24?/m1/s1. The fourth-order valence-electron chi connectivity index (χ4n) is 6.07. The molecule has 14 heteroatoms. The maximum Gasteiger partial charge on any atom is 0.310 e. The molecular formula is C24H19Cl4F2N3O5. The molecule has 2 N–H and O–H groups in total. The summed E-state index contributed by atoms with van der Waals surface area (Å²) in [4.78, 5) is 42.7. The lowest BCUT2D eigenvalue weighted by molar-refractivity contribution is -0.153. The Morgan fingerprint density at radius 2 is 1.76 bits per heavy atom. The van der Waals surface area contributed by atoms with Crippen molar-refractivity contribution in [2.24, 2.45) is 11.8 Å². The van der Waals surface area contributed by atoms with Gasteiger partial charge in [0.2, 0.25) is 5.91 Å². The number of amides is 2. The lowest BCUT2D eigenvalue weighted by Crippen LogP contribution is -2.54. The molecule has 4 atom stereocenters. The Morgan fingerprint density at radius 1 is 1.13 bits per heavy atom. The Kier molecular flexibility index (Phi) is 6.51. The highest BCUT2D eigenvalue weighted by atomic mass is 35.5. The van der Waals surface area contributed by atoms with E-state index in [0.29, 0.717) is 0 Å². The second kappa shape index (κ2) is 9.09. The Labute approximate surface area is 235 Å². The summed E-state index contributed by atoms with van der Waals surface area (Å²) in [5, 5.41) is 13.2. The molecule has 2 aromatic carbocycles. The van der Waals surface area contributed by atoms with E-state index in [4.69, 9.17) is 51.1 Å². The Morgan fingerprint density at radius 3 is 2.34 bits per heavy atom. The minimum atomic E-state index is -3.30. The van der Waals surface area contributed by atoms with Gasteiger partial charge in [-0.25, -0.2) is 8.78 Å². The van der Waals surface area contributed by atoms with E-state index in [1.807, 2.05) is 0 Å². The molecule has 8 nitrogen and oxygen atoms in total. The van der Waals surface area contributed by atoms with Crippen molar-refractivity contribution in [3.05, 3.63) is 49.9 Å². The van der Waals surface area contributed by atoms with E-state index in [0.717, 1.165) is 9.80 Å². The van der Waals surface area contributed by atoms with E-state index >= 15 is 0 Å². The number of alkyl halides is 2. The molecule has 3 aliphatic rings. The molecule has 3 heterocycles. The fraction of sp³-hybridized carbons (Fsp3) is 0.375. The topological polar surface area (TPSA) is 99.2 Å². The number of halogens is 6. The van der Waals surface area contributed by atoms with Crippen LogP contribution < -0.4 is 15.0 Å². The molecule has 0 saturated carbocycles. The summed E-state index contributed by atoms with van der Waals surface area (Å²) in [6.45, 7) is -0.938. The van der Waals surface area contributed by atoms with Gasteiger partial charge in [-0.3, -0.25) is 19.3 Å². The number of benzene rings is 2. The summed E-state index contributed by atoms with van der Waals surface area (Å²) in [5.74, 6) is -9.64. The zero-order valence-electron chi connectivity index (χ0n) is 19.7. The van der Waals surface area contributed by atoms with Crippen molar-refractivity contribution in [1.82, 2.24) is 4.90 Å². The van der Waals surface area contributed by atoms with E-state index in [1.54, 1.807) is 0 Å². The first-order valence-electron chi connectivity index (χ1n) is 11.2. The van der Waals surface area contributed by atoms with Gasteiger partial charge < -0.3 is 20.1 Å². The van der Waals surface area contributed by atoms with Crippen molar-refractivity contribution in [2.75, 3.05) is 30.9 Å². The van der Waals surface area contributed by atoms with Gasteiger partial charge in [0.15, 0.2) is 5.75 Å². The molecule has 1 unspecified atom stereocenters. The average molecular weight is 609 g/mol. The molecule has 2 saturated heterocycles. The van der Waals surface area contributed by atoms with E-state index in [2.05, 4.69) is 5.32 Å². The van der Waals surface area contributed by atoms with Crippen LogP contribution in [-0.2, 0) is 19.9 Å².